The number of carbonyl (C=O) groups is 5. The van der Waals surface area contributed by atoms with Crippen molar-refractivity contribution in [1.82, 2.24) is 0 Å². The molecular formula is C36H55I3N2O10. The van der Waals surface area contributed by atoms with Crippen LogP contribution in [-0.4, -0.2) is 67.7 Å². The van der Waals surface area contributed by atoms with Crippen LogP contribution >= 0.6 is 67.8 Å². The summed E-state index contributed by atoms with van der Waals surface area (Å²) in [6.45, 7) is 5.24. The zero-order valence-corrected chi connectivity index (χ0v) is 37.1. The van der Waals surface area contributed by atoms with Gasteiger partial charge in [0.1, 0.15) is 6.61 Å². The second kappa shape index (κ2) is 27.2. The molecule has 0 saturated carbocycles. The highest BCUT2D eigenvalue weighted by Gasteiger charge is 2.30. The van der Waals surface area contributed by atoms with E-state index in [4.69, 9.17) is 18.9 Å². The Bertz CT molecular complexity index is 1280. The van der Waals surface area contributed by atoms with E-state index in [1.807, 2.05) is 67.8 Å². The lowest BCUT2D eigenvalue weighted by molar-refractivity contribution is -0.155. The molecular weight excluding hydrogens is 1000 g/mol. The van der Waals surface area contributed by atoms with E-state index in [0.717, 1.165) is 19.3 Å². The average molecular weight is 1060 g/mol. The van der Waals surface area contributed by atoms with E-state index in [1.54, 1.807) is 7.05 Å². The maximum Gasteiger partial charge on any atom is 0.511 e. The summed E-state index contributed by atoms with van der Waals surface area (Å²) < 4.78 is 22.0. The van der Waals surface area contributed by atoms with Gasteiger partial charge in [-0.05, 0) is 74.2 Å². The first-order chi connectivity index (χ1) is 24.2. The normalized spacial score (nSPS) is 12.1. The van der Waals surface area contributed by atoms with Crippen LogP contribution in [-0.2, 0) is 33.3 Å². The third-order valence-corrected chi connectivity index (χ3v) is 11.2. The number of rotatable bonds is 25. The SMILES string of the molecule is CCCCCCCCCCCCCCCCCC(=O)OC(CO)COC(=O)OC(C)OC(=O)c1c(I)c(NC(C)=O)c(I)c(N(C)C(C)=O)c1I. The Hall–Kier alpha value is -1.48. The first-order valence-electron chi connectivity index (χ1n) is 17.8. The summed E-state index contributed by atoms with van der Waals surface area (Å²) in [6, 6.07) is 0. The number of aliphatic hydroxyl groups is 1. The number of nitrogens with one attached hydrogen (secondary N) is 1. The van der Waals surface area contributed by atoms with Gasteiger partial charge in [-0.1, -0.05) is 96.8 Å². The monoisotopic (exact) mass is 1060 g/mol. The Labute approximate surface area is 344 Å². The summed E-state index contributed by atoms with van der Waals surface area (Å²) in [4.78, 5) is 63.3. The standard InChI is InChI=1S/C36H55I3N2O10/c1-6-7-8-9-10-11-12-13-14-15-16-17-18-19-20-21-28(45)51-27(22-42)23-48-36(47)50-26(4)49-35(46)29-30(37)33(40-24(2)43)32(39)34(31(29)38)41(5)25(3)44/h26-27,42H,6-23H2,1-5H3,(H,40,43). The molecule has 2 unspecified atom stereocenters. The lowest BCUT2D eigenvalue weighted by Gasteiger charge is -2.24. The number of ether oxygens (including phenoxy) is 4. The highest BCUT2D eigenvalue weighted by atomic mass is 127. The zero-order valence-electron chi connectivity index (χ0n) is 30.6. The van der Waals surface area contributed by atoms with Crippen LogP contribution in [0.15, 0.2) is 0 Å². The van der Waals surface area contributed by atoms with Gasteiger partial charge in [0.25, 0.3) is 0 Å². The molecule has 0 fully saturated rings. The van der Waals surface area contributed by atoms with Gasteiger partial charge in [-0.15, -0.1) is 0 Å². The average Bonchev–Trinajstić information content (AvgIpc) is 3.06. The lowest BCUT2D eigenvalue weighted by atomic mass is 10.0. The maximum atomic E-state index is 13.3. The molecule has 2 atom stereocenters. The summed E-state index contributed by atoms with van der Waals surface area (Å²) >= 11 is 5.82. The summed E-state index contributed by atoms with van der Waals surface area (Å²) in [5.41, 5.74) is 0.793. The molecule has 1 aromatic rings. The summed E-state index contributed by atoms with van der Waals surface area (Å²) in [6.07, 6.45) is 14.9. The molecule has 0 spiro atoms. The van der Waals surface area contributed by atoms with Crippen molar-refractivity contribution >= 4 is 109 Å². The van der Waals surface area contributed by atoms with Crippen molar-refractivity contribution in [1.29, 1.82) is 0 Å². The molecule has 1 aromatic carbocycles. The van der Waals surface area contributed by atoms with Crippen LogP contribution in [0.2, 0.25) is 0 Å². The van der Waals surface area contributed by atoms with E-state index in [0.29, 0.717) is 28.5 Å². The minimum absolute atomic E-state index is 0.0635. The van der Waals surface area contributed by atoms with Gasteiger partial charge in [-0.2, -0.15) is 0 Å². The molecule has 15 heteroatoms. The number of amides is 2. The van der Waals surface area contributed by atoms with Gasteiger partial charge in [-0.3, -0.25) is 14.4 Å². The Kier molecular flexibility index (Phi) is 25.3. The fourth-order valence-corrected chi connectivity index (χ4v) is 9.74. The smallest absolute Gasteiger partial charge is 0.456 e. The van der Waals surface area contributed by atoms with Crippen molar-refractivity contribution in [3.63, 3.8) is 0 Å². The molecule has 0 aliphatic carbocycles. The van der Waals surface area contributed by atoms with Gasteiger partial charge in [0, 0.05) is 34.2 Å². The first kappa shape index (κ1) is 47.5. The Morgan fingerprint density at radius 3 is 1.73 bits per heavy atom. The number of anilines is 2. The number of aliphatic hydroxyl groups excluding tert-OH is 1. The number of unbranched alkanes of at least 4 members (excludes halogenated alkanes) is 14. The minimum Gasteiger partial charge on any atom is -0.456 e. The fraction of sp³-hybridized carbons (Fsp3) is 0.694. The van der Waals surface area contributed by atoms with E-state index in [9.17, 15) is 29.1 Å². The van der Waals surface area contributed by atoms with Gasteiger partial charge in [0.05, 0.1) is 34.3 Å². The van der Waals surface area contributed by atoms with Crippen LogP contribution in [0.1, 0.15) is 141 Å². The number of benzene rings is 1. The molecule has 0 bridgehead atoms. The van der Waals surface area contributed by atoms with Crippen molar-refractivity contribution in [3.05, 3.63) is 16.3 Å². The van der Waals surface area contributed by atoms with Gasteiger partial charge < -0.3 is 34.3 Å². The second-order valence-electron chi connectivity index (χ2n) is 12.4. The molecule has 0 aromatic heterocycles. The summed E-state index contributed by atoms with van der Waals surface area (Å²) in [5, 5.41) is 12.3. The Morgan fingerprint density at radius 2 is 1.25 bits per heavy atom. The van der Waals surface area contributed by atoms with Crippen molar-refractivity contribution in [2.75, 3.05) is 30.5 Å². The van der Waals surface area contributed by atoms with Gasteiger partial charge in [0.2, 0.25) is 18.1 Å². The van der Waals surface area contributed by atoms with Crippen LogP contribution in [0.25, 0.3) is 0 Å². The predicted octanol–water partition coefficient (Wildman–Crippen LogP) is 9.26. The molecule has 290 valence electrons. The molecule has 1 rings (SSSR count). The number of hydrogen-bond donors (Lipinski definition) is 2. The van der Waals surface area contributed by atoms with E-state index < -0.39 is 43.7 Å². The lowest BCUT2D eigenvalue weighted by Crippen LogP contribution is -2.30. The van der Waals surface area contributed by atoms with Crippen LogP contribution < -0.4 is 10.2 Å². The molecule has 2 amide bonds. The zero-order chi connectivity index (χ0) is 38.3. The molecule has 0 saturated heterocycles. The molecule has 12 nitrogen and oxygen atoms in total. The highest BCUT2D eigenvalue weighted by molar-refractivity contribution is 14.1. The van der Waals surface area contributed by atoms with Crippen molar-refractivity contribution in [3.8, 4) is 0 Å². The van der Waals surface area contributed by atoms with Crippen molar-refractivity contribution in [2.24, 2.45) is 0 Å². The van der Waals surface area contributed by atoms with E-state index in [2.05, 4.69) is 12.2 Å². The summed E-state index contributed by atoms with van der Waals surface area (Å²) in [7, 11) is 1.54. The van der Waals surface area contributed by atoms with E-state index >= 15 is 0 Å². The number of carbonyl (C=O) groups excluding carboxylic acids is 5. The number of nitrogens with zero attached hydrogens (tertiary/aromatic N) is 1. The van der Waals surface area contributed by atoms with Gasteiger partial charge in [-0.25, -0.2) is 9.59 Å². The molecule has 0 radical (unpaired) electrons. The number of halogens is 3. The largest absolute Gasteiger partial charge is 0.511 e. The van der Waals surface area contributed by atoms with Gasteiger partial charge in [0.15, 0.2) is 6.10 Å². The van der Waals surface area contributed by atoms with E-state index in [-0.39, 0.29) is 23.8 Å². The minimum atomic E-state index is -1.39. The van der Waals surface area contributed by atoms with Crippen molar-refractivity contribution < 1.29 is 48.0 Å². The molecule has 51 heavy (non-hydrogen) atoms. The number of hydrogen-bond acceptors (Lipinski definition) is 10. The van der Waals surface area contributed by atoms with E-state index in [1.165, 1.54) is 96.3 Å². The topological polar surface area (TPSA) is 158 Å². The molecule has 0 aliphatic heterocycles. The fourth-order valence-electron chi connectivity index (χ4n) is 5.14. The maximum absolute atomic E-state index is 13.3. The molecule has 0 heterocycles. The second-order valence-corrected chi connectivity index (χ2v) is 15.7. The Balaban J connectivity index is 2.46. The van der Waals surface area contributed by atoms with Crippen molar-refractivity contribution in [2.45, 2.75) is 143 Å². The summed E-state index contributed by atoms with van der Waals surface area (Å²) in [5.74, 6) is -2.03. The quantitative estimate of drug-likeness (QED) is 0.0318. The van der Waals surface area contributed by atoms with Crippen LogP contribution in [0.3, 0.4) is 0 Å². The van der Waals surface area contributed by atoms with Gasteiger partial charge >= 0.3 is 18.1 Å². The molecule has 2 N–H and O–H groups in total. The van der Waals surface area contributed by atoms with Crippen LogP contribution in [0.5, 0.6) is 0 Å². The number of esters is 2. The third kappa shape index (κ3) is 18.9. The first-order valence-corrected chi connectivity index (χ1v) is 21.1. The predicted molar refractivity (Wildman–Crippen MR) is 222 cm³/mol. The van der Waals surface area contributed by atoms with Crippen LogP contribution in [0.4, 0.5) is 16.2 Å². The third-order valence-electron chi connectivity index (χ3n) is 8.02. The van der Waals surface area contributed by atoms with Crippen LogP contribution in [0, 0.1) is 10.7 Å². The highest BCUT2D eigenvalue weighted by Crippen LogP contribution is 2.41. The Morgan fingerprint density at radius 1 is 0.745 bits per heavy atom. The molecule has 0 aliphatic rings.